The van der Waals surface area contributed by atoms with Crippen molar-refractivity contribution >= 4 is 6.09 Å². The van der Waals surface area contributed by atoms with Gasteiger partial charge in [-0.1, -0.05) is 30.3 Å². The summed E-state index contributed by atoms with van der Waals surface area (Å²) >= 11 is 0. The third-order valence-corrected chi connectivity index (χ3v) is 3.15. The van der Waals surface area contributed by atoms with Crippen LogP contribution in [0, 0.1) is 0 Å². The molecule has 23 heavy (non-hydrogen) atoms. The van der Waals surface area contributed by atoms with Gasteiger partial charge in [0.1, 0.15) is 5.60 Å². The van der Waals surface area contributed by atoms with E-state index in [-0.39, 0.29) is 6.04 Å². The number of furan rings is 1. The lowest BCUT2D eigenvalue weighted by molar-refractivity contribution is 0.0503. The molecule has 0 aliphatic heterocycles. The number of rotatable bonds is 6. The van der Waals surface area contributed by atoms with Crippen LogP contribution in [-0.2, 0) is 11.3 Å². The quantitative estimate of drug-likeness (QED) is 0.854. The van der Waals surface area contributed by atoms with Crippen molar-refractivity contribution < 1.29 is 13.9 Å². The van der Waals surface area contributed by atoms with Crippen molar-refractivity contribution in [2.75, 3.05) is 6.54 Å². The van der Waals surface area contributed by atoms with Gasteiger partial charge in [-0.2, -0.15) is 0 Å². The molecule has 0 aliphatic rings. The third-order valence-electron chi connectivity index (χ3n) is 3.15. The molecule has 0 fully saturated rings. The minimum Gasteiger partial charge on any atom is -0.472 e. The summed E-state index contributed by atoms with van der Waals surface area (Å²) in [5, 5.41) is 6.25. The van der Waals surface area contributed by atoms with E-state index in [0.717, 1.165) is 11.1 Å². The maximum Gasteiger partial charge on any atom is 0.408 e. The number of ether oxygens (including phenoxy) is 1. The molecule has 2 rings (SSSR count). The maximum atomic E-state index is 12.1. The van der Waals surface area contributed by atoms with E-state index in [4.69, 9.17) is 9.15 Å². The SMILES string of the molecule is CC(C)(C)OC(=O)NC(CNCc1ccoc1)c1ccccc1. The van der Waals surface area contributed by atoms with E-state index in [0.29, 0.717) is 13.1 Å². The number of alkyl carbamates (subject to hydrolysis) is 1. The molecule has 0 aliphatic carbocycles. The van der Waals surface area contributed by atoms with Crippen LogP contribution in [0.4, 0.5) is 4.79 Å². The van der Waals surface area contributed by atoms with Gasteiger partial charge in [-0.25, -0.2) is 4.79 Å². The van der Waals surface area contributed by atoms with Crippen LogP contribution in [0.15, 0.2) is 53.3 Å². The topological polar surface area (TPSA) is 63.5 Å². The Morgan fingerprint density at radius 2 is 1.96 bits per heavy atom. The van der Waals surface area contributed by atoms with E-state index in [9.17, 15) is 4.79 Å². The highest BCUT2D eigenvalue weighted by molar-refractivity contribution is 5.68. The first-order valence-electron chi connectivity index (χ1n) is 7.70. The molecule has 1 heterocycles. The van der Waals surface area contributed by atoms with Crippen molar-refractivity contribution in [3.8, 4) is 0 Å². The second-order valence-corrected chi connectivity index (χ2v) is 6.37. The summed E-state index contributed by atoms with van der Waals surface area (Å²) < 4.78 is 10.4. The number of nitrogens with one attached hydrogen (secondary N) is 2. The Labute approximate surface area is 137 Å². The van der Waals surface area contributed by atoms with Crippen molar-refractivity contribution in [2.24, 2.45) is 0 Å². The zero-order valence-electron chi connectivity index (χ0n) is 13.8. The number of hydrogen-bond donors (Lipinski definition) is 2. The molecule has 0 spiro atoms. The number of benzene rings is 1. The number of hydrogen-bond acceptors (Lipinski definition) is 4. The summed E-state index contributed by atoms with van der Waals surface area (Å²) in [6.45, 7) is 6.81. The lowest BCUT2D eigenvalue weighted by atomic mass is 10.1. The van der Waals surface area contributed by atoms with Crippen molar-refractivity contribution in [2.45, 2.75) is 39.0 Å². The van der Waals surface area contributed by atoms with E-state index in [1.54, 1.807) is 12.5 Å². The van der Waals surface area contributed by atoms with Crippen molar-refractivity contribution in [3.05, 3.63) is 60.1 Å². The number of carbonyl (C=O) groups is 1. The largest absolute Gasteiger partial charge is 0.472 e. The van der Waals surface area contributed by atoms with Crippen molar-refractivity contribution in [1.29, 1.82) is 0 Å². The first kappa shape index (κ1) is 17.1. The van der Waals surface area contributed by atoms with Gasteiger partial charge in [-0.15, -0.1) is 0 Å². The normalized spacial score (nSPS) is 12.7. The fraction of sp³-hybridized carbons (Fsp3) is 0.389. The lowest BCUT2D eigenvalue weighted by Crippen LogP contribution is -2.39. The summed E-state index contributed by atoms with van der Waals surface area (Å²) in [4.78, 5) is 12.1. The number of carbonyl (C=O) groups excluding carboxylic acids is 1. The average molecular weight is 316 g/mol. The molecule has 1 atom stereocenters. The maximum absolute atomic E-state index is 12.1. The van der Waals surface area contributed by atoms with Crippen LogP contribution in [0.25, 0.3) is 0 Å². The van der Waals surface area contributed by atoms with Crippen LogP contribution in [0.2, 0.25) is 0 Å². The molecule has 1 unspecified atom stereocenters. The highest BCUT2D eigenvalue weighted by atomic mass is 16.6. The monoisotopic (exact) mass is 316 g/mol. The zero-order chi connectivity index (χ0) is 16.7. The van der Waals surface area contributed by atoms with Gasteiger partial charge in [0.25, 0.3) is 0 Å². The van der Waals surface area contributed by atoms with Gasteiger partial charge >= 0.3 is 6.09 Å². The van der Waals surface area contributed by atoms with Gasteiger partial charge in [0.05, 0.1) is 18.6 Å². The van der Waals surface area contributed by atoms with Crippen molar-refractivity contribution in [3.63, 3.8) is 0 Å². The molecule has 5 nitrogen and oxygen atoms in total. The Morgan fingerprint density at radius 1 is 1.22 bits per heavy atom. The van der Waals surface area contributed by atoms with Gasteiger partial charge in [-0.3, -0.25) is 0 Å². The minimum atomic E-state index is -0.518. The predicted octanol–water partition coefficient (Wildman–Crippen LogP) is 3.64. The fourth-order valence-electron chi connectivity index (χ4n) is 2.14. The summed E-state index contributed by atoms with van der Waals surface area (Å²) in [7, 11) is 0. The van der Waals surface area contributed by atoms with Gasteiger partial charge in [0.2, 0.25) is 0 Å². The fourth-order valence-corrected chi connectivity index (χ4v) is 2.14. The standard InChI is InChI=1S/C18H24N2O3/c1-18(2,3)23-17(21)20-16(15-7-5-4-6-8-15)12-19-11-14-9-10-22-13-14/h4-10,13,16,19H,11-12H2,1-3H3,(H,20,21). The Morgan fingerprint density at radius 3 is 2.57 bits per heavy atom. The van der Waals surface area contributed by atoms with E-state index in [2.05, 4.69) is 10.6 Å². The zero-order valence-corrected chi connectivity index (χ0v) is 13.8. The first-order valence-corrected chi connectivity index (χ1v) is 7.70. The van der Waals surface area contributed by atoms with E-state index in [1.807, 2.05) is 57.2 Å². The lowest BCUT2D eigenvalue weighted by Gasteiger charge is -2.24. The minimum absolute atomic E-state index is 0.169. The Hall–Kier alpha value is -2.27. The molecule has 0 bridgehead atoms. The first-order chi connectivity index (χ1) is 10.9. The molecule has 2 aromatic rings. The van der Waals surface area contributed by atoms with E-state index in [1.165, 1.54) is 0 Å². The van der Waals surface area contributed by atoms with Crippen LogP contribution in [0.5, 0.6) is 0 Å². The molecule has 124 valence electrons. The second kappa shape index (κ2) is 7.83. The average Bonchev–Trinajstić information content (AvgIpc) is 2.98. The van der Waals surface area contributed by atoms with Crippen LogP contribution >= 0.6 is 0 Å². The third kappa shape index (κ3) is 6.16. The second-order valence-electron chi connectivity index (χ2n) is 6.37. The molecule has 0 radical (unpaired) electrons. The molecule has 1 amide bonds. The van der Waals surface area contributed by atoms with Gasteiger partial charge in [0, 0.05) is 18.7 Å². The summed E-state index contributed by atoms with van der Waals surface area (Å²) in [6, 6.07) is 11.6. The van der Waals surface area contributed by atoms with Crippen LogP contribution in [0.3, 0.4) is 0 Å². The molecule has 1 aromatic carbocycles. The summed E-state index contributed by atoms with van der Waals surface area (Å²) in [5.74, 6) is 0. The van der Waals surface area contributed by atoms with Crippen LogP contribution in [-0.4, -0.2) is 18.2 Å². The molecule has 2 N–H and O–H groups in total. The molecule has 0 saturated carbocycles. The summed E-state index contributed by atoms with van der Waals surface area (Å²) in [5.41, 5.74) is 1.57. The smallest absolute Gasteiger partial charge is 0.408 e. The van der Waals surface area contributed by atoms with Crippen LogP contribution in [0.1, 0.15) is 37.9 Å². The summed E-state index contributed by atoms with van der Waals surface area (Å²) in [6.07, 6.45) is 2.92. The van der Waals surface area contributed by atoms with Gasteiger partial charge in [-0.05, 0) is 32.4 Å². The van der Waals surface area contributed by atoms with Gasteiger partial charge in [0.15, 0.2) is 0 Å². The molecule has 0 saturated heterocycles. The molecule has 1 aromatic heterocycles. The highest BCUT2D eigenvalue weighted by Crippen LogP contribution is 2.14. The molecule has 5 heteroatoms. The Kier molecular flexibility index (Phi) is 5.82. The highest BCUT2D eigenvalue weighted by Gasteiger charge is 2.20. The molecular formula is C18H24N2O3. The van der Waals surface area contributed by atoms with Crippen LogP contribution < -0.4 is 10.6 Å². The van der Waals surface area contributed by atoms with E-state index < -0.39 is 11.7 Å². The Balaban J connectivity index is 1.96. The Bertz CT molecular complexity index is 588. The van der Waals surface area contributed by atoms with Crippen molar-refractivity contribution in [1.82, 2.24) is 10.6 Å². The molecular weight excluding hydrogens is 292 g/mol. The number of amides is 1. The van der Waals surface area contributed by atoms with Gasteiger partial charge < -0.3 is 19.8 Å². The predicted molar refractivity (Wildman–Crippen MR) is 89.0 cm³/mol. The van der Waals surface area contributed by atoms with E-state index >= 15 is 0 Å².